The van der Waals surface area contributed by atoms with E-state index in [0.29, 0.717) is 25.1 Å². The summed E-state index contributed by atoms with van der Waals surface area (Å²) in [7, 11) is 0. The van der Waals surface area contributed by atoms with E-state index in [9.17, 15) is 4.79 Å². The molecule has 2 aromatic rings. The van der Waals surface area contributed by atoms with Crippen LogP contribution in [0.5, 0.6) is 0 Å². The van der Waals surface area contributed by atoms with Gasteiger partial charge in [0.1, 0.15) is 0 Å². The quantitative estimate of drug-likeness (QED) is 0.892. The van der Waals surface area contributed by atoms with E-state index < -0.39 is 0 Å². The van der Waals surface area contributed by atoms with Crippen molar-refractivity contribution in [3.05, 3.63) is 47.8 Å². The fraction of sp³-hybridized carbons (Fsp3) is 0.450. The standard InChI is InChI=1S/C20H25N5O2/c21-20-22-8-5-17(23-20)15-6-9-25(10-7-15)19(26)16-3-1-2-4-18(16)24-11-13-27-14-12-24/h1-5,8,15H,6-7,9-14H2,(H2,21,22,23). The van der Waals surface area contributed by atoms with Gasteiger partial charge < -0.3 is 20.3 Å². The van der Waals surface area contributed by atoms with Crippen LogP contribution in [0.25, 0.3) is 0 Å². The topological polar surface area (TPSA) is 84.6 Å². The first-order valence-electron chi connectivity index (χ1n) is 9.52. The number of likely N-dealkylation sites (tertiary alicyclic amines) is 1. The highest BCUT2D eigenvalue weighted by atomic mass is 16.5. The van der Waals surface area contributed by atoms with Gasteiger partial charge in [0.25, 0.3) is 5.91 Å². The lowest BCUT2D eigenvalue weighted by Gasteiger charge is -2.34. The molecule has 0 saturated carbocycles. The smallest absolute Gasteiger partial charge is 0.255 e. The van der Waals surface area contributed by atoms with Crippen LogP contribution >= 0.6 is 0 Å². The van der Waals surface area contributed by atoms with Gasteiger partial charge in [0.15, 0.2) is 0 Å². The number of carbonyl (C=O) groups is 1. The highest BCUT2D eigenvalue weighted by Gasteiger charge is 2.27. The molecule has 4 rings (SSSR count). The van der Waals surface area contributed by atoms with Crippen molar-refractivity contribution in [2.24, 2.45) is 0 Å². The molecule has 1 aromatic heterocycles. The van der Waals surface area contributed by atoms with Crippen molar-refractivity contribution in [1.29, 1.82) is 0 Å². The fourth-order valence-electron chi connectivity index (χ4n) is 3.90. The van der Waals surface area contributed by atoms with E-state index >= 15 is 0 Å². The van der Waals surface area contributed by atoms with Crippen LogP contribution in [0.1, 0.15) is 34.8 Å². The molecule has 0 radical (unpaired) electrons. The largest absolute Gasteiger partial charge is 0.378 e. The number of rotatable bonds is 3. The maximum Gasteiger partial charge on any atom is 0.255 e. The van der Waals surface area contributed by atoms with Gasteiger partial charge in [0.05, 0.1) is 18.8 Å². The molecule has 27 heavy (non-hydrogen) atoms. The Hall–Kier alpha value is -2.67. The molecule has 2 fully saturated rings. The van der Waals surface area contributed by atoms with Gasteiger partial charge in [-0.2, -0.15) is 0 Å². The number of amides is 1. The zero-order valence-corrected chi connectivity index (χ0v) is 15.4. The molecule has 2 saturated heterocycles. The molecule has 7 heteroatoms. The second kappa shape index (κ2) is 7.92. The number of para-hydroxylation sites is 1. The molecule has 7 nitrogen and oxygen atoms in total. The number of piperidine rings is 1. The van der Waals surface area contributed by atoms with E-state index in [1.54, 1.807) is 6.20 Å². The highest BCUT2D eigenvalue weighted by Crippen LogP contribution is 2.29. The molecule has 0 bridgehead atoms. The molecular formula is C20H25N5O2. The normalized spacial score (nSPS) is 18.5. The Morgan fingerprint density at radius 1 is 1.07 bits per heavy atom. The first-order valence-corrected chi connectivity index (χ1v) is 9.52. The number of hydrogen-bond donors (Lipinski definition) is 1. The van der Waals surface area contributed by atoms with Crippen molar-refractivity contribution in [2.75, 3.05) is 50.0 Å². The molecule has 142 valence electrons. The summed E-state index contributed by atoms with van der Waals surface area (Å²) in [5.74, 6) is 0.747. The van der Waals surface area contributed by atoms with Crippen molar-refractivity contribution >= 4 is 17.5 Å². The van der Waals surface area contributed by atoms with Gasteiger partial charge in [-0.1, -0.05) is 12.1 Å². The molecular weight excluding hydrogens is 342 g/mol. The SMILES string of the molecule is Nc1nccc(C2CCN(C(=O)c3ccccc3N3CCOCC3)CC2)n1. The summed E-state index contributed by atoms with van der Waals surface area (Å²) in [4.78, 5) is 25.7. The summed E-state index contributed by atoms with van der Waals surface area (Å²) < 4.78 is 5.44. The molecule has 3 heterocycles. The Bertz CT molecular complexity index is 798. The molecule has 1 amide bonds. The monoisotopic (exact) mass is 367 g/mol. The number of carbonyl (C=O) groups excluding carboxylic acids is 1. The maximum atomic E-state index is 13.2. The van der Waals surface area contributed by atoms with Crippen molar-refractivity contribution in [3.63, 3.8) is 0 Å². The molecule has 0 atom stereocenters. The van der Waals surface area contributed by atoms with Crippen molar-refractivity contribution in [3.8, 4) is 0 Å². The Labute approximate surface area is 159 Å². The van der Waals surface area contributed by atoms with E-state index in [2.05, 4.69) is 14.9 Å². The van der Waals surface area contributed by atoms with Gasteiger partial charge in [-0.15, -0.1) is 0 Å². The third-order valence-electron chi connectivity index (χ3n) is 5.38. The van der Waals surface area contributed by atoms with Crippen molar-refractivity contribution in [2.45, 2.75) is 18.8 Å². The van der Waals surface area contributed by atoms with Crippen LogP contribution in [0.3, 0.4) is 0 Å². The van der Waals surface area contributed by atoms with Gasteiger partial charge in [-0.05, 0) is 31.0 Å². The zero-order valence-electron chi connectivity index (χ0n) is 15.4. The number of aromatic nitrogens is 2. The second-order valence-corrected chi connectivity index (χ2v) is 7.02. The van der Waals surface area contributed by atoms with Crippen LogP contribution in [0.2, 0.25) is 0 Å². The summed E-state index contributed by atoms with van der Waals surface area (Å²) >= 11 is 0. The number of nitrogen functional groups attached to an aromatic ring is 1. The molecule has 2 aliphatic rings. The van der Waals surface area contributed by atoms with Crippen molar-refractivity contribution in [1.82, 2.24) is 14.9 Å². The summed E-state index contributed by atoms with van der Waals surface area (Å²) in [6.07, 6.45) is 3.48. The van der Waals surface area contributed by atoms with Crippen LogP contribution in [-0.2, 0) is 4.74 Å². The number of morpholine rings is 1. The number of hydrogen-bond acceptors (Lipinski definition) is 6. The van der Waals surface area contributed by atoms with E-state index in [4.69, 9.17) is 10.5 Å². The minimum atomic E-state index is 0.109. The number of ether oxygens (including phenoxy) is 1. The molecule has 0 aliphatic carbocycles. The lowest BCUT2D eigenvalue weighted by molar-refractivity contribution is 0.0711. The number of benzene rings is 1. The van der Waals surface area contributed by atoms with Gasteiger partial charge >= 0.3 is 0 Å². The first-order chi connectivity index (χ1) is 13.2. The van der Waals surface area contributed by atoms with E-state index in [-0.39, 0.29) is 5.91 Å². The minimum absolute atomic E-state index is 0.109. The first kappa shape index (κ1) is 17.7. The van der Waals surface area contributed by atoms with Gasteiger partial charge in [-0.3, -0.25) is 4.79 Å². The summed E-state index contributed by atoms with van der Waals surface area (Å²) in [6.45, 7) is 4.50. The van der Waals surface area contributed by atoms with Crippen LogP contribution < -0.4 is 10.6 Å². The zero-order chi connectivity index (χ0) is 18.6. The third-order valence-corrected chi connectivity index (χ3v) is 5.38. The third kappa shape index (κ3) is 3.88. The molecule has 0 spiro atoms. The lowest BCUT2D eigenvalue weighted by Crippen LogP contribution is -2.40. The number of nitrogens with zero attached hydrogens (tertiary/aromatic N) is 4. The lowest BCUT2D eigenvalue weighted by atomic mass is 9.93. The van der Waals surface area contributed by atoms with Crippen molar-refractivity contribution < 1.29 is 9.53 Å². The van der Waals surface area contributed by atoms with Crippen LogP contribution in [0.4, 0.5) is 11.6 Å². The maximum absolute atomic E-state index is 13.2. The number of anilines is 2. The predicted molar refractivity (Wildman–Crippen MR) is 104 cm³/mol. The average Bonchev–Trinajstić information content (AvgIpc) is 2.74. The second-order valence-electron chi connectivity index (χ2n) is 7.02. The van der Waals surface area contributed by atoms with E-state index in [1.807, 2.05) is 35.2 Å². The summed E-state index contributed by atoms with van der Waals surface area (Å²) in [5.41, 5.74) is 8.47. The van der Waals surface area contributed by atoms with Crippen LogP contribution in [0.15, 0.2) is 36.5 Å². The van der Waals surface area contributed by atoms with Gasteiger partial charge in [0, 0.05) is 49.7 Å². The molecule has 0 unspecified atom stereocenters. The van der Waals surface area contributed by atoms with Crippen LogP contribution in [-0.4, -0.2) is 60.2 Å². The fourth-order valence-corrected chi connectivity index (χ4v) is 3.90. The van der Waals surface area contributed by atoms with E-state index in [1.165, 1.54) is 0 Å². The number of nitrogens with two attached hydrogens (primary N) is 1. The Morgan fingerprint density at radius 3 is 2.56 bits per heavy atom. The highest BCUT2D eigenvalue weighted by molar-refractivity contribution is 6.00. The van der Waals surface area contributed by atoms with E-state index in [0.717, 1.165) is 56.0 Å². The average molecular weight is 367 g/mol. The summed E-state index contributed by atoms with van der Waals surface area (Å²) in [6, 6.07) is 9.83. The van der Waals surface area contributed by atoms with Crippen LogP contribution in [0, 0.1) is 0 Å². The summed E-state index contributed by atoms with van der Waals surface area (Å²) in [5, 5.41) is 0. The molecule has 1 aromatic carbocycles. The molecule has 2 aliphatic heterocycles. The molecule has 2 N–H and O–H groups in total. The van der Waals surface area contributed by atoms with Gasteiger partial charge in [0.2, 0.25) is 5.95 Å². The predicted octanol–water partition coefficient (Wildman–Crippen LogP) is 1.92. The Morgan fingerprint density at radius 2 is 1.81 bits per heavy atom. The Balaban J connectivity index is 1.45. The van der Waals surface area contributed by atoms with Gasteiger partial charge in [-0.25, -0.2) is 9.97 Å². The minimum Gasteiger partial charge on any atom is -0.378 e. The Kier molecular flexibility index (Phi) is 5.20.